The highest BCUT2D eigenvalue weighted by Crippen LogP contribution is 2.19. The van der Waals surface area contributed by atoms with Gasteiger partial charge in [-0.3, -0.25) is 14.5 Å². The number of nitrogens with zero attached hydrogens (tertiary/aromatic N) is 4. The third-order valence-corrected chi connectivity index (χ3v) is 5.11. The number of aryl methyl sites for hydroxylation is 1. The van der Waals surface area contributed by atoms with Crippen LogP contribution in [-0.2, 0) is 11.5 Å². The Morgan fingerprint density at radius 2 is 2.07 bits per heavy atom. The fourth-order valence-electron chi connectivity index (χ4n) is 3.66. The van der Waals surface area contributed by atoms with E-state index in [1.54, 1.807) is 12.3 Å². The number of aromatic nitrogens is 3. The zero-order chi connectivity index (χ0) is 19.5. The van der Waals surface area contributed by atoms with Crippen molar-refractivity contribution in [1.29, 1.82) is 0 Å². The Balaban J connectivity index is 1.45. The Kier molecular flexibility index (Phi) is 5.16. The summed E-state index contributed by atoms with van der Waals surface area (Å²) in [5.74, 6) is 0.420. The minimum Gasteiger partial charge on any atom is -0.310 e. The number of fused-ring (bicyclic) bond motifs is 1. The molecule has 1 amide bonds. The van der Waals surface area contributed by atoms with Gasteiger partial charge < -0.3 is 5.32 Å². The second-order valence-corrected chi connectivity index (χ2v) is 7.25. The van der Waals surface area contributed by atoms with E-state index < -0.39 is 0 Å². The normalized spacial score (nSPS) is 17.5. The molecule has 3 aromatic rings. The van der Waals surface area contributed by atoms with Crippen molar-refractivity contribution < 1.29 is 4.79 Å². The minimum atomic E-state index is -0.132. The topological polar surface area (TPSA) is 80.1 Å². The molecule has 1 aliphatic rings. The minimum absolute atomic E-state index is 0.0263. The largest absolute Gasteiger partial charge is 0.310 e. The lowest BCUT2D eigenvalue weighted by Crippen LogP contribution is -2.43. The molecule has 3 heterocycles. The molecule has 4 rings (SSSR count). The molecule has 1 saturated heterocycles. The van der Waals surface area contributed by atoms with Crippen molar-refractivity contribution in [2.45, 2.75) is 26.4 Å². The van der Waals surface area contributed by atoms with E-state index in [1.165, 1.54) is 4.68 Å². The number of anilines is 1. The van der Waals surface area contributed by atoms with E-state index in [1.807, 2.05) is 43.3 Å². The molecule has 1 N–H and O–H groups in total. The van der Waals surface area contributed by atoms with Crippen molar-refractivity contribution in [2.75, 3.05) is 18.4 Å². The summed E-state index contributed by atoms with van der Waals surface area (Å²) in [6, 6.07) is 13.0. The van der Waals surface area contributed by atoms with Crippen molar-refractivity contribution in [1.82, 2.24) is 19.7 Å². The molecule has 0 saturated carbocycles. The molecule has 0 radical (unpaired) electrons. The van der Waals surface area contributed by atoms with Crippen LogP contribution in [0.1, 0.15) is 18.5 Å². The number of carbonyl (C=O) groups is 1. The summed E-state index contributed by atoms with van der Waals surface area (Å²) in [5.41, 5.74) is 0.762. The molecule has 2 aromatic heterocycles. The monoisotopic (exact) mass is 377 g/mol. The first kappa shape index (κ1) is 18.3. The first-order valence-electron chi connectivity index (χ1n) is 9.52. The number of hydrogen-bond acceptors (Lipinski definition) is 5. The average Bonchev–Trinajstić information content (AvgIpc) is 2.70. The number of piperidine rings is 1. The summed E-state index contributed by atoms with van der Waals surface area (Å²) in [4.78, 5) is 31.8. The van der Waals surface area contributed by atoms with Gasteiger partial charge in [0.15, 0.2) is 0 Å². The van der Waals surface area contributed by atoms with Crippen LogP contribution in [0.3, 0.4) is 0 Å². The van der Waals surface area contributed by atoms with Gasteiger partial charge in [0.05, 0.1) is 24.2 Å². The van der Waals surface area contributed by atoms with E-state index in [-0.39, 0.29) is 17.4 Å². The van der Waals surface area contributed by atoms with Gasteiger partial charge in [-0.25, -0.2) is 9.67 Å². The van der Waals surface area contributed by atoms with Crippen LogP contribution < -0.4 is 10.9 Å². The molecule has 1 fully saturated rings. The lowest BCUT2D eigenvalue weighted by atomic mass is 9.97. The van der Waals surface area contributed by atoms with Crippen LogP contribution in [0.4, 0.5) is 5.82 Å². The Bertz CT molecular complexity index is 1060. The number of nitrogens with one attached hydrogen (secondary N) is 1. The molecule has 144 valence electrons. The Morgan fingerprint density at radius 3 is 2.93 bits per heavy atom. The molecule has 1 atom stereocenters. The zero-order valence-corrected chi connectivity index (χ0v) is 15.8. The lowest BCUT2D eigenvalue weighted by Gasteiger charge is -2.31. The maximum Gasteiger partial charge on any atom is 0.275 e. The van der Waals surface area contributed by atoms with E-state index in [2.05, 4.69) is 20.3 Å². The highest BCUT2D eigenvalue weighted by molar-refractivity contribution is 5.91. The number of pyridine rings is 1. The van der Waals surface area contributed by atoms with Gasteiger partial charge in [-0.2, -0.15) is 5.10 Å². The number of amides is 1. The van der Waals surface area contributed by atoms with Crippen molar-refractivity contribution in [3.05, 3.63) is 64.7 Å². The molecule has 7 nitrogen and oxygen atoms in total. The van der Waals surface area contributed by atoms with Gasteiger partial charge in [0.2, 0.25) is 5.91 Å². The Hall–Kier alpha value is -3.06. The maximum absolute atomic E-state index is 12.7. The summed E-state index contributed by atoms with van der Waals surface area (Å²) in [6.07, 6.45) is 3.45. The van der Waals surface area contributed by atoms with Crippen LogP contribution in [0, 0.1) is 12.8 Å². The molecule has 1 aromatic carbocycles. The van der Waals surface area contributed by atoms with E-state index in [4.69, 9.17) is 0 Å². The quantitative estimate of drug-likeness (QED) is 0.755. The highest BCUT2D eigenvalue weighted by atomic mass is 16.2. The van der Waals surface area contributed by atoms with Gasteiger partial charge in [0.25, 0.3) is 5.56 Å². The van der Waals surface area contributed by atoms with Crippen molar-refractivity contribution >= 4 is 22.5 Å². The lowest BCUT2D eigenvalue weighted by molar-refractivity contribution is -0.121. The predicted molar refractivity (Wildman–Crippen MR) is 108 cm³/mol. The standard InChI is InChI=1S/C21H23N5O2/c1-15-6-4-10-19(23-15)24-20(27)17-8-5-11-25(13-17)14-26-21(28)18-9-3-2-7-16(18)12-22-26/h2-4,6-7,9-10,12,17H,5,8,11,13-14H2,1H3,(H,23,24,27)/t17-/m1/s1. The Morgan fingerprint density at radius 1 is 1.21 bits per heavy atom. The van der Waals surface area contributed by atoms with Crippen LogP contribution in [0.25, 0.3) is 10.8 Å². The van der Waals surface area contributed by atoms with E-state index in [0.717, 1.165) is 30.5 Å². The van der Waals surface area contributed by atoms with Gasteiger partial charge in [-0.15, -0.1) is 0 Å². The number of benzene rings is 1. The summed E-state index contributed by atoms with van der Waals surface area (Å²) in [5, 5.41) is 8.71. The van der Waals surface area contributed by atoms with Crippen LogP contribution in [0.2, 0.25) is 0 Å². The van der Waals surface area contributed by atoms with Crippen molar-refractivity contribution in [2.24, 2.45) is 5.92 Å². The number of carbonyl (C=O) groups excluding carboxylic acids is 1. The second kappa shape index (κ2) is 7.90. The summed E-state index contributed by atoms with van der Waals surface area (Å²) < 4.78 is 1.48. The van der Waals surface area contributed by atoms with Gasteiger partial charge in [0.1, 0.15) is 5.82 Å². The summed E-state index contributed by atoms with van der Waals surface area (Å²) >= 11 is 0. The number of likely N-dealkylation sites (tertiary alicyclic amines) is 1. The van der Waals surface area contributed by atoms with Crippen LogP contribution in [-0.4, -0.2) is 38.7 Å². The highest BCUT2D eigenvalue weighted by Gasteiger charge is 2.26. The Labute approximate surface area is 163 Å². The SMILES string of the molecule is Cc1cccc(NC(=O)[C@@H]2CCCN(Cn3ncc4ccccc4c3=O)C2)n1. The van der Waals surface area contributed by atoms with Gasteiger partial charge in [-0.05, 0) is 44.5 Å². The molecule has 0 spiro atoms. The first-order chi connectivity index (χ1) is 13.6. The van der Waals surface area contributed by atoms with Crippen LogP contribution in [0.5, 0.6) is 0 Å². The molecule has 0 unspecified atom stereocenters. The van der Waals surface area contributed by atoms with Gasteiger partial charge in [0, 0.05) is 17.6 Å². The van der Waals surface area contributed by atoms with Gasteiger partial charge in [-0.1, -0.05) is 24.3 Å². The van der Waals surface area contributed by atoms with Gasteiger partial charge >= 0.3 is 0 Å². The average molecular weight is 377 g/mol. The molecule has 0 bridgehead atoms. The van der Waals surface area contributed by atoms with E-state index in [9.17, 15) is 9.59 Å². The molecular weight excluding hydrogens is 354 g/mol. The van der Waals surface area contributed by atoms with Crippen LogP contribution in [0.15, 0.2) is 53.5 Å². The third-order valence-electron chi connectivity index (χ3n) is 5.11. The van der Waals surface area contributed by atoms with E-state index >= 15 is 0 Å². The summed E-state index contributed by atoms with van der Waals surface area (Å²) in [7, 11) is 0. The fourth-order valence-corrected chi connectivity index (χ4v) is 3.66. The molecule has 28 heavy (non-hydrogen) atoms. The second-order valence-electron chi connectivity index (χ2n) is 7.25. The smallest absolute Gasteiger partial charge is 0.275 e. The third kappa shape index (κ3) is 3.94. The maximum atomic E-state index is 12.7. The number of hydrogen-bond donors (Lipinski definition) is 1. The predicted octanol–water partition coefficient (Wildman–Crippen LogP) is 2.41. The zero-order valence-electron chi connectivity index (χ0n) is 15.8. The van der Waals surface area contributed by atoms with Crippen LogP contribution >= 0.6 is 0 Å². The number of rotatable bonds is 4. The van der Waals surface area contributed by atoms with Crippen molar-refractivity contribution in [3.8, 4) is 0 Å². The molecule has 7 heteroatoms. The van der Waals surface area contributed by atoms with E-state index in [0.29, 0.717) is 24.4 Å². The molecular formula is C21H23N5O2. The van der Waals surface area contributed by atoms with Crippen molar-refractivity contribution in [3.63, 3.8) is 0 Å². The summed E-state index contributed by atoms with van der Waals surface area (Å²) in [6.45, 7) is 3.72. The first-order valence-corrected chi connectivity index (χ1v) is 9.52. The molecule has 1 aliphatic heterocycles. The fraction of sp³-hybridized carbons (Fsp3) is 0.333. The molecule has 0 aliphatic carbocycles.